The minimum absolute atomic E-state index is 0.500. The zero-order valence-corrected chi connectivity index (χ0v) is 34.9. The molecule has 3 aromatic carbocycles. The molecule has 0 aromatic heterocycles. The highest BCUT2D eigenvalue weighted by molar-refractivity contribution is 5.60. The fourth-order valence-corrected chi connectivity index (χ4v) is 6.89. The summed E-state index contributed by atoms with van der Waals surface area (Å²) in [5, 5.41) is 18.7. The lowest BCUT2D eigenvalue weighted by atomic mass is 9.95. The molecule has 3 rings (SSSR count). The molecule has 0 N–H and O–H groups in total. The normalized spacial score (nSPS) is 13.5. The molecule has 292 valence electrons. The van der Waals surface area contributed by atoms with Crippen molar-refractivity contribution in [3.8, 4) is 5.75 Å². The lowest BCUT2D eigenvalue weighted by Crippen LogP contribution is -2.34. The molecule has 0 amide bonds. The number of unbranched alkanes of at least 4 members (excludes halogenated alkanes) is 4. The van der Waals surface area contributed by atoms with E-state index in [2.05, 4.69) is 101 Å². The van der Waals surface area contributed by atoms with Crippen molar-refractivity contribution in [1.82, 2.24) is 0 Å². The van der Waals surface area contributed by atoms with Crippen LogP contribution in [-0.4, -0.2) is 19.7 Å². The first kappa shape index (κ1) is 43.9. The Bertz CT molecular complexity index is 1460. The number of aryl methyl sites for hydroxylation is 2. The molecule has 6 heteroatoms. The van der Waals surface area contributed by atoms with Crippen LogP contribution < -0.4 is 9.64 Å². The molecule has 0 aliphatic heterocycles. The zero-order chi connectivity index (χ0) is 38.3. The van der Waals surface area contributed by atoms with Gasteiger partial charge in [0.1, 0.15) is 11.4 Å². The fourth-order valence-electron chi connectivity index (χ4n) is 6.89. The van der Waals surface area contributed by atoms with Crippen molar-refractivity contribution in [3.63, 3.8) is 0 Å². The van der Waals surface area contributed by atoms with E-state index in [1.54, 1.807) is 0 Å². The van der Waals surface area contributed by atoms with E-state index in [-0.39, 0.29) is 0 Å². The molecule has 0 radical (unpaired) electrons. The molecule has 3 aromatic rings. The molecule has 0 aliphatic carbocycles. The average Bonchev–Trinajstić information content (AvgIpc) is 3.19. The van der Waals surface area contributed by atoms with Gasteiger partial charge in [0.2, 0.25) is 0 Å². The first-order valence-corrected chi connectivity index (χ1v) is 21.4. The molecule has 0 fully saturated rings. The van der Waals surface area contributed by atoms with Gasteiger partial charge in [-0.15, -0.1) is 5.11 Å². The molecule has 53 heavy (non-hydrogen) atoms. The summed E-state index contributed by atoms with van der Waals surface area (Å²) in [6.07, 6.45) is 18.3. The Labute approximate surface area is 324 Å². The number of hydrogen-bond acceptors (Lipinski definition) is 6. The Morgan fingerprint density at radius 3 is 1.64 bits per heavy atom. The number of azo groups is 2. The molecule has 3 unspecified atom stereocenters. The molecule has 3 atom stereocenters. The van der Waals surface area contributed by atoms with Crippen molar-refractivity contribution >= 4 is 28.4 Å². The second-order valence-corrected chi connectivity index (χ2v) is 15.3. The Hall–Kier alpha value is -3.54. The van der Waals surface area contributed by atoms with Crippen molar-refractivity contribution in [1.29, 1.82) is 0 Å². The molecular formula is C47H73N5O. The third-order valence-corrected chi connectivity index (χ3v) is 10.9. The van der Waals surface area contributed by atoms with Gasteiger partial charge in [0, 0.05) is 24.8 Å². The van der Waals surface area contributed by atoms with Crippen LogP contribution in [0.5, 0.6) is 5.75 Å². The highest BCUT2D eigenvalue weighted by Crippen LogP contribution is 2.36. The van der Waals surface area contributed by atoms with Gasteiger partial charge in [-0.05, 0) is 110 Å². The van der Waals surface area contributed by atoms with Gasteiger partial charge in [-0.1, -0.05) is 125 Å². The maximum Gasteiger partial charge on any atom is 0.149 e. The number of hydrogen-bond donors (Lipinski definition) is 0. The lowest BCUT2D eigenvalue weighted by molar-refractivity contribution is 0.234. The smallest absolute Gasteiger partial charge is 0.149 e. The van der Waals surface area contributed by atoms with Crippen LogP contribution in [0, 0.1) is 24.7 Å². The molecule has 0 aliphatic rings. The minimum Gasteiger partial charge on any atom is -0.491 e. The SMILES string of the molecule is CCCCc1ccc(N=Nc2ccc(N=Nc3ccc(N(CC(CC)CCCC)CC(CC)CCCC)cc3C)cc2OCC(CC)CCCC)cc1. The van der Waals surface area contributed by atoms with Crippen molar-refractivity contribution in [3.05, 3.63) is 71.8 Å². The van der Waals surface area contributed by atoms with E-state index in [4.69, 9.17) is 15.0 Å². The largest absolute Gasteiger partial charge is 0.491 e. The summed E-state index contributed by atoms with van der Waals surface area (Å²) in [7, 11) is 0. The number of ether oxygens (including phenoxy) is 1. The highest BCUT2D eigenvalue weighted by atomic mass is 16.5. The summed E-state index contributed by atoms with van der Waals surface area (Å²) in [6, 6.07) is 21.0. The third-order valence-electron chi connectivity index (χ3n) is 10.9. The van der Waals surface area contributed by atoms with E-state index in [0.29, 0.717) is 35.8 Å². The molecule has 0 spiro atoms. The first-order valence-electron chi connectivity index (χ1n) is 21.4. The Kier molecular flexibility index (Phi) is 21.1. The van der Waals surface area contributed by atoms with Gasteiger partial charge in [0.15, 0.2) is 0 Å². The Morgan fingerprint density at radius 2 is 1.08 bits per heavy atom. The number of anilines is 1. The zero-order valence-electron chi connectivity index (χ0n) is 34.9. The second kappa shape index (κ2) is 25.5. The van der Waals surface area contributed by atoms with Gasteiger partial charge in [0.05, 0.1) is 23.7 Å². The first-order chi connectivity index (χ1) is 25.9. The van der Waals surface area contributed by atoms with E-state index < -0.39 is 0 Å². The summed E-state index contributed by atoms with van der Waals surface area (Å²) in [6.45, 7) is 21.1. The van der Waals surface area contributed by atoms with E-state index in [0.717, 1.165) is 55.0 Å². The van der Waals surface area contributed by atoms with E-state index >= 15 is 0 Å². The molecule has 0 heterocycles. The predicted octanol–water partition coefficient (Wildman–Crippen LogP) is 16.0. The topological polar surface area (TPSA) is 61.9 Å². The monoisotopic (exact) mass is 724 g/mol. The summed E-state index contributed by atoms with van der Waals surface area (Å²) in [5.74, 6) is 2.63. The quantitative estimate of drug-likeness (QED) is 0.0735. The maximum absolute atomic E-state index is 6.47. The van der Waals surface area contributed by atoms with Crippen LogP contribution in [0.15, 0.2) is 81.1 Å². The molecule has 0 saturated carbocycles. The lowest BCUT2D eigenvalue weighted by Gasteiger charge is -2.33. The molecular weight excluding hydrogens is 651 g/mol. The van der Waals surface area contributed by atoms with Crippen LogP contribution in [0.1, 0.15) is 149 Å². The van der Waals surface area contributed by atoms with Gasteiger partial charge in [0.25, 0.3) is 0 Å². The van der Waals surface area contributed by atoms with Crippen LogP contribution in [0.25, 0.3) is 0 Å². The minimum atomic E-state index is 0.500. The molecule has 0 bridgehead atoms. The summed E-state index contributed by atoms with van der Waals surface area (Å²) < 4.78 is 6.47. The van der Waals surface area contributed by atoms with Gasteiger partial charge in [-0.25, -0.2) is 0 Å². The second-order valence-electron chi connectivity index (χ2n) is 15.3. The highest BCUT2D eigenvalue weighted by Gasteiger charge is 2.18. The van der Waals surface area contributed by atoms with E-state index in [9.17, 15) is 0 Å². The van der Waals surface area contributed by atoms with Crippen LogP contribution in [0.4, 0.5) is 28.4 Å². The third kappa shape index (κ3) is 15.8. The van der Waals surface area contributed by atoms with Crippen LogP contribution in [0.2, 0.25) is 0 Å². The predicted molar refractivity (Wildman–Crippen MR) is 229 cm³/mol. The van der Waals surface area contributed by atoms with Gasteiger partial charge in [-0.3, -0.25) is 0 Å². The van der Waals surface area contributed by atoms with Crippen LogP contribution in [0.3, 0.4) is 0 Å². The summed E-state index contributed by atoms with van der Waals surface area (Å²) >= 11 is 0. The number of rotatable bonds is 27. The van der Waals surface area contributed by atoms with E-state index in [1.807, 2.05) is 30.3 Å². The fraction of sp³-hybridized carbons (Fsp3) is 0.617. The summed E-state index contributed by atoms with van der Waals surface area (Å²) in [5.41, 5.74) is 6.97. The van der Waals surface area contributed by atoms with Crippen LogP contribution >= 0.6 is 0 Å². The Balaban J connectivity index is 1.86. The summed E-state index contributed by atoms with van der Waals surface area (Å²) in [4.78, 5) is 2.67. The number of nitrogens with zero attached hydrogens (tertiary/aromatic N) is 5. The van der Waals surface area contributed by atoms with Crippen molar-refractivity contribution in [2.45, 2.75) is 152 Å². The molecule has 0 saturated heterocycles. The van der Waals surface area contributed by atoms with Crippen molar-refractivity contribution < 1.29 is 4.74 Å². The number of benzene rings is 3. The van der Waals surface area contributed by atoms with Gasteiger partial charge >= 0.3 is 0 Å². The Morgan fingerprint density at radius 1 is 0.547 bits per heavy atom. The maximum atomic E-state index is 6.47. The standard InChI is InChI=1S/C47H73N5O/c1-9-16-20-38(13-5)34-52(35-39(14-6)21-17-10-2)44-29-31-45(37(8)32-44)50-49-43-28-30-46(47(33-43)53-36-40(15-7)22-18-11-3)51-48-42-26-24-41(25-27-42)23-19-12-4/h24-33,38-40H,9-23,34-36H2,1-8H3. The van der Waals surface area contributed by atoms with Gasteiger partial charge in [-0.2, -0.15) is 15.3 Å². The van der Waals surface area contributed by atoms with Crippen molar-refractivity contribution in [2.24, 2.45) is 38.2 Å². The van der Waals surface area contributed by atoms with Crippen LogP contribution in [-0.2, 0) is 6.42 Å². The average molecular weight is 724 g/mol. The van der Waals surface area contributed by atoms with Gasteiger partial charge < -0.3 is 9.64 Å². The molecule has 6 nitrogen and oxygen atoms in total. The van der Waals surface area contributed by atoms with Crippen molar-refractivity contribution in [2.75, 3.05) is 24.6 Å². The van der Waals surface area contributed by atoms with E-state index in [1.165, 1.54) is 88.3 Å².